The molecule has 5 heteroatoms. The molecule has 0 atom stereocenters. The van der Waals surface area contributed by atoms with Gasteiger partial charge in [-0.15, -0.1) is 0 Å². The molecule has 12 heavy (non-hydrogen) atoms. The van der Waals surface area contributed by atoms with Crippen LogP contribution >= 0.6 is 15.9 Å². The average molecular weight is 239 g/mol. The van der Waals surface area contributed by atoms with Gasteiger partial charge in [-0.3, -0.25) is 0 Å². The molecule has 1 aromatic carbocycles. The number of rotatable bonds is 1. The second-order valence-electron chi connectivity index (χ2n) is 2.04. The number of hydrogen-bond acceptors (Lipinski definition) is 2. The zero-order valence-electron chi connectivity index (χ0n) is 6.07. The minimum Gasteiger partial charge on any atom is -0.503 e. The summed E-state index contributed by atoms with van der Waals surface area (Å²) >= 11 is 2.68. The van der Waals surface area contributed by atoms with Crippen LogP contribution in [0.1, 0.15) is 0 Å². The van der Waals surface area contributed by atoms with Gasteiger partial charge in [0.05, 0.1) is 7.11 Å². The van der Waals surface area contributed by atoms with Crippen LogP contribution in [0.25, 0.3) is 0 Å². The summed E-state index contributed by atoms with van der Waals surface area (Å²) in [5, 5.41) is 9.12. The first-order valence-corrected chi connectivity index (χ1v) is 3.77. The van der Waals surface area contributed by atoms with E-state index in [9.17, 15) is 8.78 Å². The monoisotopic (exact) mass is 238 g/mol. The van der Waals surface area contributed by atoms with Crippen LogP contribution in [0.2, 0.25) is 0 Å². The summed E-state index contributed by atoms with van der Waals surface area (Å²) in [6, 6.07) is 0.773. The lowest BCUT2D eigenvalue weighted by molar-refractivity contribution is 0.361. The predicted molar refractivity (Wildman–Crippen MR) is 42.3 cm³/mol. The van der Waals surface area contributed by atoms with Crippen molar-refractivity contribution in [2.24, 2.45) is 0 Å². The second kappa shape index (κ2) is 3.26. The summed E-state index contributed by atoms with van der Waals surface area (Å²) in [6.45, 7) is 0. The van der Waals surface area contributed by atoms with E-state index < -0.39 is 17.4 Å². The third kappa shape index (κ3) is 1.36. The van der Waals surface area contributed by atoms with Gasteiger partial charge >= 0.3 is 0 Å². The van der Waals surface area contributed by atoms with E-state index in [2.05, 4.69) is 20.7 Å². The zero-order chi connectivity index (χ0) is 9.30. The van der Waals surface area contributed by atoms with Crippen molar-refractivity contribution < 1.29 is 18.6 Å². The summed E-state index contributed by atoms with van der Waals surface area (Å²) in [5.41, 5.74) is 0. The number of phenolic OH excluding ortho intramolecular Hbond substituents is 1. The van der Waals surface area contributed by atoms with Gasteiger partial charge in [-0.25, -0.2) is 8.78 Å². The highest BCUT2D eigenvalue weighted by molar-refractivity contribution is 9.10. The first-order valence-electron chi connectivity index (χ1n) is 2.98. The van der Waals surface area contributed by atoms with E-state index >= 15 is 0 Å². The number of phenols is 1. The second-order valence-corrected chi connectivity index (χ2v) is 2.83. The van der Waals surface area contributed by atoms with Crippen LogP contribution in [-0.4, -0.2) is 12.2 Å². The van der Waals surface area contributed by atoms with Gasteiger partial charge in [0.25, 0.3) is 0 Å². The van der Waals surface area contributed by atoms with E-state index in [-0.39, 0.29) is 10.2 Å². The number of methoxy groups -OCH3 is 1. The van der Waals surface area contributed by atoms with E-state index in [4.69, 9.17) is 5.11 Å². The van der Waals surface area contributed by atoms with Crippen LogP contribution in [0.5, 0.6) is 11.5 Å². The third-order valence-corrected chi connectivity index (χ3v) is 2.05. The molecule has 0 aliphatic heterocycles. The Morgan fingerprint density at radius 1 is 1.50 bits per heavy atom. The maximum Gasteiger partial charge on any atom is 0.177 e. The van der Waals surface area contributed by atoms with Gasteiger partial charge in [-0.1, -0.05) is 0 Å². The first kappa shape index (κ1) is 9.25. The van der Waals surface area contributed by atoms with Crippen LogP contribution in [-0.2, 0) is 0 Å². The highest BCUT2D eigenvalue weighted by atomic mass is 79.9. The minimum atomic E-state index is -1.13. The van der Waals surface area contributed by atoms with Gasteiger partial charge in [0.2, 0.25) is 0 Å². The van der Waals surface area contributed by atoms with Crippen molar-refractivity contribution >= 4 is 15.9 Å². The van der Waals surface area contributed by atoms with Crippen LogP contribution in [0, 0.1) is 11.6 Å². The van der Waals surface area contributed by atoms with Gasteiger partial charge in [0.1, 0.15) is 4.47 Å². The summed E-state index contributed by atoms with van der Waals surface area (Å²) in [4.78, 5) is 0. The summed E-state index contributed by atoms with van der Waals surface area (Å²) in [6.07, 6.45) is 0. The van der Waals surface area contributed by atoms with Gasteiger partial charge in [-0.05, 0) is 15.9 Å². The molecule has 0 aliphatic carbocycles. The molecule has 0 saturated heterocycles. The van der Waals surface area contributed by atoms with Gasteiger partial charge in [0.15, 0.2) is 23.1 Å². The predicted octanol–water partition coefficient (Wildman–Crippen LogP) is 2.44. The fourth-order valence-electron chi connectivity index (χ4n) is 0.719. The molecule has 0 aromatic heterocycles. The van der Waals surface area contributed by atoms with Crippen molar-refractivity contribution in [2.75, 3.05) is 7.11 Å². The lowest BCUT2D eigenvalue weighted by Gasteiger charge is -2.05. The Morgan fingerprint density at radius 3 is 2.58 bits per heavy atom. The van der Waals surface area contributed by atoms with Gasteiger partial charge in [0, 0.05) is 6.07 Å². The molecule has 1 rings (SSSR count). The molecule has 66 valence electrons. The molecule has 0 aliphatic rings. The molecule has 0 amide bonds. The molecule has 2 nitrogen and oxygen atoms in total. The molecule has 0 radical (unpaired) electrons. The largest absolute Gasteiger partial charge is 0.503 e. The number of halogens is 3. The molecular weight excluding hydrogens is 234 g/mol. The summed E-state index contributed by atoms with van der Waals surface area (Å²) in [5.74, 6) is -2.76. The van der Waals surface area contributed by atoms with E-state index in [1.54, 1.807) is 0 Å². The van der Waals surface area contributed by atoms with Crippen molar-refractivity contribution in [3.8, 4) is 11.5 Å². The summed E-state index contributed by atoms with van der Waals surface area (Å²) in [7, 11) is 1.25. The number of benzene rings is 1. The Kier molecular flexibility index (Phi) is 2.52. The van der Waals surface area contributed by atoms with Crippen LogP contribution in [0.3, 0.4) is 0 Å². The molecule has 0 heterocycles. The Labute approximate surface area is 75.9 Å². The normalized spacial score (nSPS) is 10.0. The molecule has 1 N–H and O–H groups in total. The van der Waals surface area contributed by atoms with Crippen LogP contribution < -0.4 is 4.74 Å². The Bertz CT molecular complexity index is 315. The Hall–Kier alpha value is -0.840. The first-order chi connectivity index (χ1) is 5.57. The van der Waals surface area contributed by atoms with E-state index in [1.165, 1.54) is 7.11 Å². The lowest BCUT2D eigenvalue weighted by atomic mass is 10.3. The summed E-state index contributed by atoms with van der Waals surface area (Å²) < 4.78 is 29.5. The molecule has 0 fully saturated rings. The van der Waals surface area contributed by atoms with E-state index in [0.717, 1.165) is 6.07 Å². The lowest BCUT2D eigenvalue weighted by Crippen LogP contribution is -1.91. The van der Waals surface area contributed by atoms with Crippen LogP contribution in [0.15, 0.2) is 10.5 Å². The van der Waals surface area contributed by atoms with Gasteiger partial charge < -0.3 is 9.84 Å². The minimum absolute atomic E-state index is 0.110. The highest BCUT2D eigenvalue weighted by Crippen LogP contribution is 2.36. The molecule has 0 saturated carbocycles. The molecule has 0 bridgehead atoms. The third-order valence-electron chi connectivity index (χ3n) is 1.32. The van der Waals surface area contributed by atoms with Crippen LogP contribution in [0.4, 0.5) is 8.78 Å². The van der Waals surface area contributed by atoms with E-state index in [1.807, 2.05) is 0 Å². The van der Waals surface area contributed by atoms with Crippen molar-refractivity contribution in [3.05, 3.63) is 22.2 Å². The van der Waals surface area contributed by atoms with Crippen molar-refractivity contribution in [3.63, 3.8) is 0 Å². The Balaban J connectivity index is 3.39. The SMILES string of the molecule is COc1cc(F)c(F)c(Br)c1O. The number of aromatic hydroxyl groups is 1. The quantitative estimate of drug-likeness (QED) is 0.762. The fraction of sp³-hybridized carbons (Fsp3) is 0.143. The number of ether oxygens (including phenoxy) is 1. The maximum absolute atomic E-state index is 12.7. The topological polar surface area (TPSA) is 29.5 Å². The fourth-order valence-corrected chi connectivity index (χ4v) is 1.10. The highest BCUT2D eigenvalue weighted by Gasteiger charge is 2.15. The van der Waals surface area contributed by atoms with Crippen molar-refractivity contribution in [2.45, 2.75) is 0 Å². The Morgan fingerprint density at radius 2 is 2.08 bits per heavy atom. The van der Waals surface area contributed by atoms with Crippen molar-refractivity contribution in [1.82, 2.24) is 0 Å². The molecule has 0 spiro atoms. The smallest absolute Gasteiger partial charge is 0.177 e. The molecular formula is C7H5BrF2O2. The molecule has 0 unspecified atom stereocenters. The molecule has 1 aromatic rings. The van der Waals surface area contributed by atoms with Gasteiger partial charge in [-0.2, -0.15) is 0 Å². The maximum atomic E-state index is 12.7. The standard InChI is InChI=1S/C7H5BrF2O2/c1-12-4-2-3(9)6(10)5(8)7(4)11/h2,11H,1H3. The van der Waals surface area contributed by atoms with Crippen molar-refractivity contribution in [1.29, 1.82) is 0 Å². The number of hydrogen-bond donors (Lipinski definition) is 1. The zero-order valence-corrected chi connectivity index (χ0v) is 7.65. The average Bonchev–Trinajstić information content (AvgIpc) is 2.08. The van der Waals surface area contributed by atoms with E-state index in [0.29, 0.717) is 0 Å².